The van der Waals surface area contributed by atoms with Gasteiger partial charge in [0.1, 0.15) is 17.1 Å². The highest BCUT2D eigenvalue weighted by Crippen LogP contribution is 2.37. The summed E-state index contributed by atoms with van der Waals surface area (Å²) in [4.78, 5) is 17.9. The number of methoxy groups -OCH3 is 1. The van der Waals surface area contributed by atoms with Crippen LogP contribution in [0.5, 0.6) is 5.75 Å². The number of hydrogen-bond acceptors (Lipinski definition) is 4. The van der Waals surface area contributed by atoms with Gasteiger partial charge in [0.05, 0.1) is 12.1 Å². The van der Waals surface area contributed by atoms with Gasteiger partial charge in [-0.25, -0.2) is 4.39 Å². The molecule has 2 aliphatic rings. The number of ether oxygens (including phenoxy) is 1. The first-order valence-corrected chi connectivity index (χ1v) is 10.6. The topological polar surface area (TPSA) is 44.8 Å². The number of benzene rings is 2. The van der Waals surface area contributed by atoms with Crippen molar-refractivity contribution in [1.82, 2.24) is 15.1 Å². The van der Waals surface area contributed by atoms with E-state index in [9.17, 15) is 9.18 Å². The zero-order valence-electron chi connectivity index (χ0n) is 18.2. The van der Waals surface area contributed by atoms with Crippen LogP contribution in [0, 0.1) is 5.82 Å². The molecule has 0 spiro atoms. The Bertz CT molecular complexity index is 929. The zero-order chi connectivity index (χ0) is 21.3. The summed E-state index contributed by atoms with van der Waals surface area (Å²) in [5.74, 6) is 0.00780. The minimum Gasteiger partial charge on any atom is -0.495 e. The fraction of sp³-hybridized carbons (Fsp3) is 0.435. The maximum Gasteiger partial charge on any atom is 0.243 e. The number of halogens is 4. The highest BCUT2D eigenvalue weighted by molar-refractivity contribution is 6.32. The van der Waals surface area contributed by atoms with E-state index in [1.165, 1.54) is 30.4 Å². The first kappa shape index (κ1) is 26.7. The number of nitrogens with one attached hydrogen (secondary N) is 1. The van der Waals surface area contributed by atoms with E-state index in [4.69, 9.17) is 16.3 Å². The van der Waals surface area contributed by atoms with E-state index in [0.717, 1.165) is 26.2 Å². The van der Waals surface area contributed by atoms with Crippen LogP contribution in [0.4, 0.5) is 4.39 Å². The molecule has 0 atom stereocenters. The Morgan fingerprint density at radius 2 is 1.78 bits per heavy atom. The normalized spacial score (nSPS) is 17.0. The molecule has 0 saturated carbocycles. The minimum absolute atomic E-state index is 0. The van der Waals surface area contributed by atoms with Crippen molar-refractivity contribution in [2.24, 2.45) is 0 Å². The molecule has 32 heavy (non-hydrogen) atoms. The summed E-state index contributed by atoms with van der Waals surface area (Å²) in [6.45, 7) is 3.60. The number of carbonyl (C=O) groups excluding carboxylic acids is 1. The van der Waals surface area contributed by atoms with Crippen LogP contribution in [-0.4, -0.2) is 61.6 Å². The molecule has 1 aliphatic carbocycles. The third kappa shape index (κ3) is 5.00. The molecule has 4 rings (SSSR count). The number of piperazine rings is 1. The lowest BCUT2D eigenvalue weighted by molar-refractivity contribution is -0.144. The molecule has 1 fully saturated rings. The van der Waals surface area contributed by atoms with Crippen LogP contribution in [0.2, 0.25) is 5.02 Å². The van der Waals surface area contributed by atoms with Gasteiger partial charge in [0.2, 0.25) is 5.91 Å². The average molecular weight is 505 g/mol. The Labute approximate surface area is 206 Å². The van der Waals surface area contributed by atoms with Crippen molar-refractivity contribution in [3.05, 3.63) is 63.9 Å². The van der Waals surface area contributed by atoms with Gasteiger partial charge < -0.3 is 15.0 Å². The fourth-order valence-corrected chi connectivity index (χ4v) is 5.14. The van der Waals surface area contributed by atoms with Crippen molar-refractivity contribution < 1.29 is 13.9 Å². The molecule has 1 heterocycles. The van der Waals surface area contributed by atoms with E-state index in [1.54, 1.807) is 11.9 Å². The van der Waals surface area contributed by atoms with Gasteiger partial charge in [-0.1, -0.05) is 35.9 Å². The Morgan fingerprint density at radius 3 is 2.34 bits per heavy atom. The summed E-state index contributed by atoms with van der Waals surface area (Å²) in [6, 6.07) is 10.9. The predicted molar refractivity (Wildman–Crippen MR) is 130 cm³/mol. The second-order valence-electron chi connectivity index (χ2n) is 8.13. The molecule has 0 unspecified atom stereocenters. The van der Waals surface area contributed by atoms with Crippen molar-refractivity contribution >= 4 is 42.3 Å². The largest absolute Gasteiger partial charge is 0.495 e. The monoisotopic (exact) mass is 503 g/mol. The van der Waals surface area contributed by atoms with Gasteiger partial charge in [0, 0.05) is 58.2 Å². The SMILES string of the molecule is COc1c(Cl)cc(F)cc1CN(C)C(=O)C1(N2CCNCC2)Cc2ccccc2C1.Cl.Cl. The molecule has 0 aromatic heterocycles. The van der Waals surface area contributed by atoms with Gasteiger partial charge in [0.25, 0.3) is 0 Å². The second-order valence-corrected chi connectivity index (χ2v) is 8.54. The minimum atomic E-state index is -0.620. The van der Waals surface area contributed by atoms with Crippen LogP contribution < -0.4 is 10.1 Å². The average Bonchev–Trinajstić information content (AvgIpc) is 3.14. The number of nitrogens with zero attached hydrogens (tertiary/aromatic N) is 2. The first-order chi connectivity index (χ1) is 14.4. The third-order valence-corrected chi connectivity index (χ3v) is 6.53. The Balaban J connectivity index is 0.00000181. The predicted octanol–water partition coefficient (Wildman–Crippen LogP) is 3.73. The molecule has 2 aromatic rings. The zero-order valence-corrected chi connectivity index (χ0v) is 20.6. The maximum atomic E-state index is 14.0. The van der Waals surface area contributed by atoms with Crippen LogP contribution >= 0.6 is 36.4 Å². The molecule has 0 bridgehead atoms. The van der Waals surface area contributed by atoms with Gasteiger partial charge in [-0.15, -0.1) is 24.8 Å². The molecule has 9 heteroatoms. The highest BCUT2D eigenvalue weighted by Gasteiger charge is 2.49. The van der Waals surface area contributed by atoms with Gasteiger partial charge in [-0.3, -0.25) is 9.69 Å². The molecular weight excluding hydrogens is 476 g/mol. The number of fused-ring (bicyclic) bond motifs is 1. The number of amides is 1. The summed E-state index contributed by atoms with van der Waals surface area (Å²) in [5.41, 5.74) is 2.39. The van der Waals surface area contributed by atoms with Gasteiger partial charge in [-0.2, -0.15) is 0 Å². The molecule has 0 radical (unpaired) electrons. The van der Waals surface area contributed by atoms with Gasteiger partial charge in [-0.05, 0) is 23.3 Å². The molecule has 176 valence electrons. The number of hydrogen-bond donors (Lipinski definition) is 1. The Hall–Kier alpha value is -1.57. The quantitative estimate of drug-likeness (QED) is 0.674. The van der Waals surface area contributed by atoms with Crippen LogP contribution in [-0.2, 0) is 24.2 Å². The van der Waals surface area contributed by atoms with E-state index in [-0.39, 0.29) is 42.3 Å². The smallest absolute Gasteiger partial charge is 0.243 e. The van der Waals surface area contributed by atoms with E-state index in [0.29, 0.717) is 24.2 Å². The highest BCUT2D eigenvalue weighted by atomic mass is 35.5. The second kappa shape index (κ2) is 11.0. The first-order valence-electron chi connectivity index (χ1n) is 10.2. The van der Waals surface area contributed by atoms with Crippen LogP contribution in [0.3, 0.4) is 0 Å². The van der Waals surface area contributed by atoms with E-state index < -0.39 is 11.4 Å². The Morgan fingerprint density at radius 1 is 1.19 bits per heavy atom. The molecular formula is C23H29Cl3FN3O2. The van der Waals surface area contributed by atoms with Crippen LogP contribution in [0.25, 0.3) is 0 Å². The van der Waals surface area contributed by atoms with E-state index >= 15 is 0 Å². The third-order valence-electron chi connectivity index (χ3n) is 6.25. The lowest BCUT2D eigenvalue weighted by Gasteiger charge is -2.44. The van der Waals surface area contributed by atoms with Gasteiger partial charge in [0.15, 0.2) is 0 Å². The van der Waals surface area contributed by atoms with E-state index in [2.05, 4.69) is 22.3 Å². The van der Waals surface area contributed by atoms with Crippen molar-refractivity contribution in [3.63, 3.8) is 0 Å². The summed E-state index contributed by atoms with van der Waals surface area (Å²) >= 11 is 6.15. The maximum absolute atomic E-state index is 14.0. The van der Waals surface area contributed by atoms with Crippen molar-refractivity contribution in [1.29, 1.82) is 0 Å². The summed E-state index contributed by atoms with van der Waals surface area (Å²) in [6.07, 6.45) is 1.38. The summed E-state index contributed by atoms with van der Waals surface area (Å²) in [7, 11) is 3.27. The van der Waals surface area contributed by atoms with Crippen molar-refractivity contribution in [3.8, 4) is 5.75 Å². The molecule has 1 saturated heterocycles. The molecule has 2 aromatic carbocycles. The van der Waals surface area contributed by atoms with Gasteiger partial charge >= 0.3 is 0 Å². The summed E-state index contributed by atoms with van der Waals surface area (Å²) < 4.78 is 19.4. The lowest BCUT2D eigenvalue weighted by Crippen LogP contribution is -2.63. The van der Waals surface area contributed by atoms with Crippen molar-refractivity contribution in [2.75, 3.05) is 40.3 Å². The molecule has 1 amide bonds. The number of likely N-dealkylation sites (N-methyl/N-ethyl adjacent to an activating group) is 1. The number of carbonyl (C=O) groups is 1. The van der Waals surface area contributed by atoms with E-state index in [1.807, 2.05) is 12.1 Å². The summed E-state index contributed by atoms with van der Waals surface area (Å²) in [5, 5.41) is 3.58. The number of rotatable bonds is 5. The van der Waals surface area contributed by atoms with Crippen LogP contribution in [0.1, 0.15) is 16.7 Å². The Kier molecular flexibility index (Phi) is 9.20. The fourth-order valence-electron chi connectivity index (χ4n) is 4.84. The van der Waals surface area contributed by atoms with Crippen molar-refractivity contribution in [2.45, 2.75) is 24.9 Å². The molecule has 1 aliphatic heterocycles. The molecule has 1 N–H and O–H groups in total. The van der Waals surface area contributed by atoms with Crippen LogP contribution in [0.15, 0.2) is 36.4 Å². The molecule has 5 nitrogen and oxygen atoms in total. The lowest BCUT2D eigenvalue weighted by atomic mass is 9.90. The standard InChI is InChI=1S/C23H27ClFN3O2.2ClH/c1-27(15-18-11-19(25)12-20(24)21(18)30-2)22(29)23(28-9-7-26-8-10-28)13-16-5-3-4-6-17(16)14-23;;/h3-6,11-12,26H,7-10,13-15H2,1-2H3;2*1H.